The number of unbranched alkanes of at least 4 members (excludes halogenated alkanes) is 5. The lowest BCUT2D eigenvalue weighted by Crippen LogP contribution is -2.21. The highest BCUT2D eigenvalue weighted by Crippen LogP contribution is 2.08. The summed E-state index contributed by atoms with van der Waals surface area (Å²) < 4.78 is 4.84. The number of carbonyl (C=O) groups is 1. The van der Waals surface area contributed by atoms with Gasteiger partial charge >= 0.3 is 5.97 Å². The van der Waals surface area contributed by atoms with Crippen LogP contribution in [0.4, 0.5) is 0 Å². The predicted molar refractivity (Wildman–Crippen MR) is 104 cm³/mol. The number of carbonyl (C=O) groups excluding carboxylic acids is 1. The van der Waals surface area contributed by atoms with Crippen molar-refractivity contribution < 1.29 is 19.7 Å². The molecule has 0 spiro atoms. The molecule has 0 aliphatic heterocycles. The third-order valence-corrected chi connectivity index (χ3v) is 3.58. The zero-order valence-electron chi connectivity index (χ0n) is 15.3. The highest BCUT2D eigenvalue weighted by atomic mass is 16.5. The van der Waals surface area contributed by atoms with Crippen molar-refractivity contribution in [1.29, 1.82) is 0 Å². The van der Waals surface area contributed by atoms with Crippen LogP contribution in [0.3, 0.4) is 0 Å². The van der Waals surface area contributed by atoms with Crippen LogP contribution >= 0.6 is 0 Å². The van der Waals surface area contributed by atoms with Crippen molar-refractivity contribution in [3.05, 3.63) is 36.5 Å². The molecule has 0 aromatic rings. The monoisotopic (exact) mass is 348 g/mol. The van der Waals surface area contributed by atoms with Crippen LogP contribution in [0, 0.1) is 0 Å². The van der Waals surface area contributed by atoms with E-state index in [1.807, 2.05) is 6.08 Å². The van der Waals surface area contributed by atoms with Crippen molar-refractivity contribution in [2.45, 2.75) is 70.2 Å². The highest BCUT2D eigenvalue weighted by molar-refractivity contribution is 6.09. The summed E-state index contributed by atoms with van der Waals surface area (Å²) in [7, 11) is 5.36. The molecule has 0 aliphatic carbocycles. The minimum Gasteiger partial charge on any atom is -0.463 e. The van der Waals surface area contributed by atoms with Crippen LogP contribution in [0.5, 0.6) is 0 Å². The van der Waals surface area contributed by atoms with Crippen molar-refractivity contribution in [3.63, 3.8) is 0 Å². The van der Waals surface area contributed by atoms with Gasteiger partial charge in [0.05, 0.1) is 14.5 Å². The Hall–Kier alpha value is -1.33. The molecule has 4 nitrogen and oxygen atoms in total. The molecule has 0 heterocycles. The number of hydrogen-bond acceptors (Lipinski definition) is 4. The minimum atomic E-state index is -0.972. The van der Waals surface area contributed by atoms with E-state index < -0.39 is 6.10 Å². The van der Waals surface area contributed by atoms with Gasteiger partial charge in [-0.2, -0.15) is 0 Å². The average molecular weight is 348 g/mol. The van der Waals surface area contributed by atoms with Crippen molar-refractivity contribution in [1.82, 2.24) is 0 Å². The fourth-order valence-corrected chi connectivity index (χ4v) is 2.13. The number of aliphatic hydroxyl groups is 2. The molecule has 0 saturated heterocycles. The van der Waals surface area contributed by atoms with E-state index in [1.54, 1.807) is 0 Å². The number of ether oxygens (including phenoxy) is 1. The van der Waals surface area contributed by atoms with Crippen molar-refractivity contribution in [3.8, 4) is 0 Å². The van der Waals surface area contributed by atoms with Crippen molar-refractivity contribution in [2.24, 2.45) is 0 Å². The molecule has 5 heteroatoms. The Labute approximate surface area is 154 Å². The van der Waals surface area contributed by atoms with E-state index in [-0.39, 0.29) is 19.2 Å². The molecule has 0 fully saturated rings. The van der Waals surface area contributed by atoms with E-state index in [2.05, 4.69) is 30.4 Å². The molecule has 1 unspecified atom stereocenters. The molecule has 0 aliphatic rings. The quantitative estimate of drug-likeness (QED) is 0.193. The summed E-state index contributed by atoms with van der Waals surface area (Å²) in [6.07, 6.45) is 21.1. The zero-order valence-corrected chi connectivity index (χ0v) is 15.3. The first-order chi connectivity index (χ1) is 12.2. The number of esters is 1. The largest absolute Gasteiger partial charge is 0.463 e. The Kier molecular flexibility index (Phi) is 18.0. The van der Waals surface area contributed by atoms with Gasteiger partial charge < -0.3 is 14.9 Å². The molecule has 0 rings (SSSR count). The van der Waals surface area contributed by atoms with Gasteiger partial charge in [-0.15, -0.1) is 0 Å². The summed E-state index contributed by atoms with van der Waals surface area (Å²) in [6, 6.07) is 0. The second-order valence-corrected chi connectivity index (χ2v) is 5.95. The van der Waals surface area contributed by atoms with Gasteiger partial charge in [0, 0.05) is 6.42 Å². The van der Waals surface area contributed by atoms with E-state index in [0.717, 1.165) is 38.5 Å². The smallest absolute Gasteiger partial charge is 0.305 e. The SMILES string of the molecule is [B]C/C=C\C/C=C\C/C=C\CCCCCCCC(=O)OCC(O)CO. The van der Waals surface area contributed by atoms with E-state index in [0.29, 0.717) is 12.7 Å². The summed E-state index contributed by atoms with van der Waals surface area (Å²) in [5.74, 6) is -0.304. The number of aliphatic hydroxyl groups excluding tert-OH is 2. The van der Waals surface area contributed by atoms with Crippen LogP contribution in [0.1, 0.15) is 57.8 Å². The molecule has 0 amide bonds. The lowest BCUT2D eigenvalue weighted by atomic mass is 10.1. The molecular weight excluding hydrogens is 315 g/mol. The van der Waals surface area contributed by atoms with Gasteiger partial charge in [-0.25, -0.2) is 0 Å². The third kappa shape index (κ3) is 18.9. The Bertz CT molecular complexity index is 391. The van der Waals surface area contributed by atoms with E-state index in [4.69, 9.17) is 22.8 Å². The maximum atomic E-state index is 11.4. The van der Waals surface area contributed by atoms with Gasteiger partial charge in [-0.1, -0.05) is 62.0 Å². The summed E-state index contributed by atoms with van der Waals surface area (Å²) in [5.41, 5.74) is 0. The lowest BCUT2D eigenvalue weighted by molar-refractivity contribution is -0.147. The molecule has 0 aromatic carbocycles. The summed E-state index contributed by atoms with van der Waals surface area (Å²) in [5, 5.41) is 17.7. The molecule has 0 bridgehead atoms. The Balaban J connectivity index is 3.34. The van der Waals surface area contributed by atoms with Crippen LogP contribution in [-0.4, -0.2) is 43.3 Å². The van der Waals surface area contributed by atoms with Gasteiger partial charge in [0.25, 0.3) is 0 Å². The van der Waals surface area contributed by atoms with Crippen LogP contribution < -0.4 is 0 Å². The number of allylic oxidation sites excluding steroid dienone is 6. The van der Waals surface area contributed by atoms with Gasteiger partial charge in [0.15, 0.2) is 0 Å². The third-order valence-electron chi connectivity index (χ3n) is 3.58. The Morgan fingerprint density at radius 1 is 0.920 bits per heavy atom. The minimum absolute atomic E-state index is 0.124. The molecular formula is C20H33BO4. The summed E-state index contributed by atoms with van der Waals surface area (Å²) in [6.45, 7) is -0.509. The second kappa shape index (κ2) is 19.0. The van der Waals surface area contributed by atoms with Gasteiger partial charge in [-0.3, -0.25) is 4.79 Å². The van der Waals surface area contributed by atoms with Crippen LogP contribution in [0.2, 0.25) is 6.32 Å². The van der Waals surface area contributed by atoms with Gasteiger partial charge in [-0.05, 0) is 32.1 Å². The van der Waals surface area contributed by atoms with Crippen molar-refractivity contribution >= 4 is 13.8 Å². The highest BCUT2D eigenvalue weighted by Gasteiger charge is 2.07. The summed E-state index contributed by atoms with van der Waals surface area (Å²) in [4.78, 5) is 11.4. The average Bonchev–Trinajstić information content (AvgIpc) is 2.62. The van der Waals surface area contributed by atoms with Crippen molar-refractivity contribution in [2.75, 3.05) is 13.2 Å². The first-order valence-electron chi connectivity index (χ1n) is 9.30. The molecule has 140 valence electrons. The molecule has 0 saturated carbocycles. The zero-order chi connectivity index (χ0) is 18.6. The van der Waals surface area contributed by atoms with E-state index in [1.165, 1.54) is 12.8 Å². The lowest BCUT2D eigenvalue weighted by Gasteiger charge is -2.08. The molecule has 2 radical (unpaired) electrons. The first kappa shape index (κ1) is 23.7. The first-order valence-corrected chi connectivity index (χ1v) is 9.30. The van der Waals surface area contributed by atoms with Gasteiger partial charge in [0.2, 0.25) is 0 Å². The maximum Gasteiger partial charge on any atom is 0.305 e. The normalized spacial score (nSPS) is 13.2. The maximum absolute atomic E-state index is 11.4. The summed E-state index contributed by atoms with van der Waals surface area (Å²) >= 11 is 0. The van der Waals surface area contributed by atoms with Crippen LogP contribution in [-0.2, 0) is 9.53 Å². The topological polar surface area (TPSA) is 66.8 Å². The molecule has 0 aromatic heterocycles. The molecule has 1 atom stereocenters. The Morgan fingerprint density at radius 3 is 2.20 bits per heavy atom. The standard InChI is InChI=1S/C20H33BO4/c21-16-14-12-10-8-6-4-2-1-3-5-7-9-11-13-15-20(24)25-18-19(23)17-22/h1-2,6,8,12,14,19,22-23H,3-5,7,9-11,13,15-18H2/b2-1-,8-6-,14-12-. The van der Waals surface area contributed by atoms with E-state index in [9.17, 15) is 4.79 Å². The predicted octanol–water partition coefficient (Wildman–Crippen LogP) is 3.65. The van der Waals surface area contributed by atoms with Gasteiger partial charge in [0.1, 0.15) is 12.7 Å². The fourth-order valence-electron chi connectivity index (χ4n) is 2.13. The molecule has 25 heavy (non-hydrogen) atoms. The number of rotatable bonds is 16. The Morgan fingerprint density at radius 2 is 1.52 bits per heavy atom. The van der Waals surface area contributed by atoms with Crippen LogP contribution in [0.25, 0.3) is 0 Å². The van der Waals surface area contributed by atoms with E-state index >= 15 is 0 Å². The van der Waals surface area contributed by atoms with Crippen LogP contribution in [0.15, 0.2) is 36.5 Å². The number of hydrogen-bond donors (Lipinski definition) is 2. The molecule has 2 N–H and O–H groups in total. The fraction of sp³-hybridized carbons (Fsp3) is 0.650. The second-order valence-electron chi connectivity index (χ2n) is 5.95.